The zero-order chi connectivity index (χ0) is 17.5. The highest BCUT2D eigenvalue weighted by molar-refractivity contribution is 6.30. The van der Waals surface area contributed by atoms with Crippen LogP contribution in [0.2, 0.25) is 5.02 Å². The third kappa shape index (κ3) is 5.97. The lowest BCUT2D eigenvalue weighted by atomic mass is 10.0. The molecule has 1 unspecified atom stereocenters. The molecule has 1 aliphatic rings. The molecule has 0 spiro atoms. The number of halogens is 2. The van der Waals surface area contributed by atoms with Crippen molar-refractivity contribution in [3.05, 3.63) is 64.9 Å². The van der Waals surface area contributed by atoms with Crippen LogP contribution >= 0.6 is 24.0 Å². The largest absolute Gasteiger partial charge is 0.333 e. The Bertz CT molecular complexity index is 671. The van der Waals surface area contributed by atoms with Crippen molar-refractivity contribution in [1.29, 1.82) is 0 Å². The van der Waals surface area contributed by atoms with E-state index >= 15 is 0 Å². The van der Waals surface area contributed by atoms with Crippen LogP contribution < -0.4 is 5.32 Å². The number of amides is 1. The quantitative estimate of drug-likeness (QED) is 0.838. The molecule has 1 saturated heterocycles. The Hall–Kier alpha value is -1.62. The first-order valence-electron chi connectivity index (χ1n) is 8.87. The summed E-state index contributed by atoms with van der Waals surface area (Å²) in [5, 5.41) is 4.11. The molecular weight excluding hydrogens is 369 g/mol. The number of pyridine rings is 1. The summed E-state index contributed by atoms with van der Waals surface area (Å²) < 4.78 is 0. The predicted octanol–water partition coefficient (Wildman–Crippen LogP) is 3.87. The molecule has 1 amide bonds. The molecule has 1 N–H and O–H groups in total. The second-order valence-corrected chi connectivity index (χ2v) is 6.92. The topological polar surface area (TPSA) is 45.2 Å². The smallest absolute Gasteiger partial charge is 0.227 e. The molecule has 1 aliphatic heterocycles. The van der Waals surface area contributed by atoms with Crippen molar-refractivity contribution in [3.8, 4) is 0 Å². The summed E-state index contributed by atoms with van der Waals surface area (Å²) in [5.41, 5.74) is 1.93. The van der Waals surface area contributed by atoms with Crippen LogP contribution in [-0.4, -0.2) is 34.9 Å². The number of carbonyl (C=O) groups is 1. The number of nitrogens with zero attached hydrogens (tertiary/aromatic N) is 2. The number of benzene rings is 1. The van der Waals surface area contributed by atoms with E-state index in [2.05, 4.69) is 10.3 Å². The Morgan fingerprint density at radius 2 is 1.96 bits per heavy atom. The summed E-state index contributed by atoms with van der Waals surface area (Å²) in [7, 11) is 0. The van der Waals surface area contributed by atoms with Gasteiger partial charge in [-0.2, -0.15) is 0 Å². The second kappa shape index (κ2) is 10.5. The molecular formula is C20H25Cl2N3O. The summed E-state index contributed by atoms with van der Waals surface area (Å²) >= 11 is 5.95. The van der Waals surface area contributed by atoms with Gasteiger partial charge in [-0.3, -0.25) is 9.78 Å². The van der Waals surface area contributed by atoms with Gasteiger partial charge in [0.05, 0.1) is 18.7 Å². The third-order valence-corrected chi connectivity index (χ3v) is 4.89. The molecule has 6 heteroatoms. The Kier molecular flexibility index (Phi) is 8.36. The molecule has 2 aromatic rings. The van der Waals surface area contributed by atoms with Gasteiger partial charge in [0.1, 0.15) is 0 Å². The SMILES string of the molecule is Cl.O=C(Cc1ccc(Cl)cc1)N(Cc1ccccn1)C1CCCNCC1. The lowest BCUT2D eigenvalue weighted by Crippen LogP contribution is -2.41. The molecule has 4 nitrogen and oxygen atoms in total. The van der Waals surface area contributed by atoms with Gasteiger partial charge in [0.2, 0.25) is 5.91 Å². The van der Waals surface area contributed by atoms with Crippen molar-refractivity contribution in [2.24, 2.45) is 0 Å². The number of nitrogens with one attached hydrogen (secondary N) is 1. The van der Waals surface area contributed by atoms with Gasteiger partial charge < -0.3 is 10.2 Å². The van der Waals surface area contributed by atoms with E-state index in [0.29, 0.717) is 18.0 Å². The molecule has 1 aromatic carbocycles. The standard InChI is InChI=1S/C20H24ClN3O.ClH/c21-17-8-6-16(7-9-17)14-20(25)24(15-18-4-1-2-12-23-18)19-5-3-11-22-13-10-19;/h1-2,4,6-9,12,19,22H,3,5,10-11,13-15H2;1H. The van der Waals surface area contributed by atoms with Crippen LogP contribution in [0.15, 0.2) is 48.7 Å². The predicted molar refractivity (Wildman–Crippen MR) is 108 cm³/mol. The van der Waals surface area contributed by atoms with E-state index < -0.39 is 0 Å². The van der Waals surface area contributed by atoms with Crippen molar-refractivity contribution in [3.63, 3.8) is 0 Å². The molecule has 0 bridgehead atoms. The lowest BCUT2D eigenvalue weighted by Gasteiger charge is -2.31. The van der Waals surface area contributed by atoms with Gasteiger partial charge in [0.25, 0.3) is 0 Å². The molecule has 3 rings (SSSR count). The number of hydrogen-bond donors (Lipinski definition) is 1. The van der Waals surface area contributed by atoms with Gasteiger partial charge in [0, 0.05) is 17.3 Å². The van der Waals surface area contributed by atoms with Crippen molar-refractivity contribution >= 4 is 29.9 Å². The van der Waals surface area contributed by atoms with Gasteiger partial charge in [-0.15, -0.1) is 12.4 Å². The van der Waals surface area contributed by atoms with Gasteiger partial charge >= 0.3 is 0 Å². The minimum atomic E-state index is 0. The third-order valence-electron chi connectivity index (χ3n) is 4.63. The van der Waals surface area contributed by atoms with Gasteiger partial charge in [0.15, 0.2) is 0 Å². The fourth-order valence-electron chi connectivity index (χ4n) is 3.28. The van der Waals surface area contributed by atoms with E-state index in [4.69, 9.17) is 11.6 Å². The average Bonchev–Trinajstić information content (AvgIpc) is 2.92. The Morgan fingerprint density at radius 1 is 1.15 bits per heavy atom. The van der Waals surface area contributed by atoms with E-state index in [9.17, 15) is 4.79 Å². The molecule has 2 heterocycles. The molecule has 1 atom stereocenters. The first kappa shape index (κ1) is 20.7. The Morgan fingerprint density at radius 3 is 2.69 bits per heavy atom. The molecule has 0 aliphatic carbocycles. The van der Waals surface area contributed by atoms with Crippen LogP contribution in [0.5, 0.6) is 0 Å². The van der Waals surface area contributed by atoms with Gasteiger partial charge in [-0.1, -0.05) is 29.8 Å². The maximum atomic E-state index is 13.1. The first-order valence-corrected chi connectivity index (χ1v) is 9.25. The van der Waals surface area contributed by atoms with Crippen LogP contribution in [0.3, 0.4) is 0 Å². The zero-order valence-corrected chi connectivity index (χ0v) is 16.3. The average molecular weight is 394 g/mol. The van der Waals surface area contributed by atoms with Gasteiger partial charge in [-0.25, -0.2) is 0 Å². The first-order chi connectivity index (χ1) is 12.2. The molecule has 140 valence electrons. The van der Waals surface area contributed by atoms with E-state index in [1.165, 1.54) is 0 Å². The molecule has 26 heavy (non-hydrogen) atoms. The van der Waals surface area contributed by atoms with E-state index in [1.807, 2.05) is 47.4 Å². The maximum absolute atomic E-state index is 13.1. The Labute approximate surface area is 166 Å². The summed E-state index contributed by atoms with van der Waals surface area (Å²) in [6.45, 7) is 2.55. The summed E-state index contributed by atoms with van der Waals surface area (Å²) in [6.07, 6.45) is 5.29. The highest BCUT2D eigenvalue weighted by Gasteiger charge is 2.25. The molecule has 0 saturated carbocycles. The lowest BCUT2D eigenvalue weighted by molar-refractivity contribution is -0.133. The van der Waals surface area contributed by atoms with Crippen molar-refractivity contribution in [2.75, 3.05) is 13.1 Å². The van der Waals surface area contributed by atoms with E-state index in [-0.39, 0.29) is 24.4 Å². The van der Waals surface area contributed by atoms with Crippen LogP contribution in [0, 0.1) is 0 Å². The zero-order valence-electron chi connectivity index (χ0n) is 14.7. The van der Waals surface area contributed by atoms with E-state index in [0.717, 1.165) is 43.6 Å². The van der Waals surface area contributed by atoms with Crippen molar-refractivity contribution in [1.82, 2.24) is 15.2 Å². The monoisotopic (exact) mass is 393 g/mol. The Balaban J connectivity index is 0.00000243. The van der Waals surface area contributed by atoms with Crippen LogP contribution in [-0.2, 0) is 17.8 Å². The van der Waals surface area contributed by atoms with Gasteiger partial charge in [-0.05, 0) is 62.2 Å². The van der Waals surface area contributed by atoms with E-state index in [1.54, 1.807) is 6.20 Å². The normalized spacial score (nSPS) is 17.0. The van der Waals surface area contributed by atoms with Crippen molar-refractivity contribution in [2.45, 2.75) is 38.3 Å². The van der Waals surface area contributed by atoms with Crippen LogP contribution in [0.1, 0.15) is 30.5 Å². The summed E-state index contributed by atoms with van der Waals surface area (Å²) in [6, 6.07) is 13.6. The van der Waals surface area contributed by atoms with Crippen LogP contribution in [0.25, 0.3) is 0 Å². The number of carbonyl (C=O) groups excluding carboxylic acids is 1. The number of aromatic nitrogens is 1. The minimum absolute atomic E-state index is 0. The fourth-order valence-corrected chi connectivity index (χ4v) is 3.40. The maximum Gasteiger partial charge on any atom is 0.227 e. The fraction of sp³-hybridized carbons (Fsp3) is 0.400. The molecule has 1 aromatic heterocycles. The second-order valence-electron chi connectivity index (χ2n) is 6.48. The minimum Gasteiger partial charge on any atom is -0.333 e. The summed E-state index contributed by atoms with van der Waals surface area (Å²) in [5.74, 6) is 0.153. The molecule has 0 radical (unpaired) electrons. The van der Waals surface area contributed by atoms with Crippen LogP contribution in [0.4, 0.5) is 0 Å². The summed E-state index contributed by atoms with van der Waals surface area (Å²) in [4.78, 5) is 19.5. The highest BCUT2D eigenvalue weighted by atomic mass is 35.5. The number of rotatable bonds is 5. The van der Waals surface area contributed by atoms with Crippen molar-refractivity contribution < 1.29 is 4.79 Å². The molecule has 1 fully saturated rings. The highest BCUT2D eigenvalue weighted by Crippen LogP contribution is 2.19. The number of hydrogen-bond acceptors (Lipinski definition) is 3.